The van der Waals surface area contributed by atoms with Gasteiger partial charge in [-0.1, -0.05) is 13.8 Å². The van der Waals surface area contributed by atoms with Gasteiger partial charge in [-0.2, -0.15) is 0 Å². The average molecular weight is 179 g/mol. The summed E-state index contributed by atoms with van der Waals surface area (Å²) in [7, 11) is 0. The Morgan fingerprint density at radius 2 is 2.00 bits per heavy atom. The largest absolute Gasteiger partial charge is 0.378 e. The lowest BCUT2D eigenvalue weighted by atomic mass is 10.4. The predicted molar refractivity (Wildman–Crippen MR) is 48.9 cm³/mol. The Morgan fingerprint density at radius 1 is 1.27 bits per heavy atom. The standard InChI is InChI=1S/C7H17NO2S/c1-7(2)8-3-4-9-5-6-10-11/h7-8,11H,3-6H2,1-2H3. The monoisotopic (exact) mass is 179 g/mol. The van der Waals surface area contributed by atoms with E-state index in [0.717, 1.165) is 13.2 Å². The minimum atomic E-state index is 0.528. The van der Waals surface area contributed by atoms with Crippen LogP contribution in [0.1, 0.15) is 13.8 Å². The smallest absolute Gasteiger partial charge is 0.0844 e. The number of rotatable bonds is 7. The maximum absolute atomic E-state index is 5.19. The minimum Gasteiger partial charge on any atom is -0.378 e. The molecule has 0 radical (unpaired) electrons. The second-order valence-electron chi connectivity index (χ2n) is 2.55. The Balaban J connectivity index is 2.80. The van der Waals surface area contributed by atoms with Gasteiger partial charge in [-0.15, -0.1) is 0 Å². The molecule has 0 bridgehead atoms. The Morgan fingerprint density at radius 3 is 2.55 bits per heavy atom. The lowest BCUT2D eigenvalue weighted by molar-refractivity contribution is 0.108. The molecule has 0 aromatic carbocycles. The van der Waals surface area contributed by atoms with Crippen molar-refractivity contribution in [1.29, 1.82) is 0 Å². The summed E-state index contributed by atoms with van der Waals surface area (Å²) in [6.45, 7) is 7.00. The Labute approximate surface area is 74.1 Å². The Bertz CT molecular complexity index is 80.8. The summed E-state index contributed by atoms with van der Waals surface area (Å²) in [5.41, 5.74) is 0. The van der Waals surface area contributed by atoms with Crippen molar-refractivity contribution in [2.45, 2.75) is 19.9 Å². The van der Waals surface area contributed by atoms with Crippen LogP contribution < -0.4 is 5.32 Å². The third-order valence-electron chi connectivity index (χ3n) is 1.12. The molecular weight excluding hydrogens is 162 g/mol. The second-order valence-corrected chi connectivity index (χ2v) is 2.81. The predicted octanol–water partition coefficient (Wildman–Crippen LogP) is 0.862. The summed E-state index contributed by atoms with van der Waals surface area (Å²) in [5.74, 6) is 0. The SMILES string of the molecule is CC(C)NCCOCCOS. The number of ether oxygens (including phenoxy) is 1. The normalized spacial score (nSPS) is 10.9. The van der Waals surface area contributed by atoms with Crippen molar-refractivity contribution in [1.82, 2.24) is 5.32 Å². The number of hydrogen-bond donors (Lipinski definition) is 2. The fraction of sp³-hybridized carbons (Fsp3) is 1.00. The summed E-state index contributed by atoms with van der Waals surface area (Å²) >= 11 is 3.58. The van der Waals surface area contributed by atoms with Gasteiger partial charge in [0, 0.05) is 12.6 Å². The lowest BCUT2D eigenvalue weighted by Crippen LogP contribution is -2.27. The summed E-state index contributed by atoms with van der Waals surface area (Å²) in [5, 5.41) is 3.24. The molecule has 0 atom stereocenters. The summed E-state index contributed by atoms with van der Waals surface area (Å²) < 4.78 is 9.71. The molecule has 0 aliphatic rings. The molecule has 0 saturated carbocycles. The molecule has 0 heterocycles. The molecule has 0 rings (SSSR count). The molecular formula is C7H17NO2S. The molecule has 11 heavy (non-hydrogen) atoms. The Hall–Kier alpha value is 0.230. The number of nitrogens with one attached hydrogen (secondary N) is 1. The van der Waals surface area contributed by atoms with Gasteiger partial charge in [0.1, 0.15) is 0 Å². The van der Waals surface area contributed by atoms with Crippen LogP contribution in [-0.2, 0) is 8.92 Å². The van der Waals surface area contributed by atoms with Gasteiger partial charge in [0.15, 0.2) is 0 Å². The highest BCUT2D eigenvalue weighted by atomic mass is 32.1. The van der Waals surface area contributed by atoms with E-state index >= 15 is 0 Å². The molecule has 0 fully saturated rings. The highest BCUT2D eigenvalue weighted by Gasteiger charge is 1.91. The van der Waals surface area contributed by atoms with Gasteiger partial charge in [-0.05, 0) is 12.9 Å². The van der Waals surface area contributed by atoms with Gasteiger partial charge < -0.3 is 14.2 Å². The van der Waals surface area contributed by atoms with Crippen LogP contribution in [0.5, 0.6) is 0 Å². The fourth-order valence-electron chi connectivity index (χ4n) is 0.618. The summed E-state index contributed by atoms with van der Waals surface area (Å²) in [6, 6.07) is 0.528. The molecule has 1 N–H and O–H groups in total. The average Bonchev–Trinajstić information content (AvgIpc) is 1.96. The van der Waals surface area contributed by atoms with Crippen molar-refractivity contribution in [3.05, 3.63) is 0 Å². The van der Waals surface area contributed by atoms with Crippen molar-refractivity contribution < 1.29 is 8.92 Å². The first-order valence-electron chi connectivity index (χ1n) is 3.85. The minimum absolute atomic E-state index is 0.528. The van der Waals surface area contributed by atoms with Crippen LogP contribution in [0.3, 0.4) is 0 Å². The topological polar surface area (TPSA) is 30.5 Å². The van der Waals surface area contributed by atoms with E-state index in [1.165, 1.54) is 0 Å². The van der Waals surface area contributed by atoms with Crippen molar-refractivity contribution >= 4 is 12.9 Å². The molecule has 0 unspecified atom stereocenters. The van der Waals surface area contributed by atoms with Crippen LogP contribution in [0.4, 0.5) is 0 Å². The van der Waals surface area contributed by atoms with Gasteiger partial charge in [0.05, 0.1) is 19.8 Å². The first-order valence-corrected chi connectivity index (χ1v) is 4.21. The van der Waals surface area contributed by atoms with E-state index in [0.29, 0.717) is 19.3 Å². The van der Waals surface area contributed by atoms with Gasteiger partial charge in [0.25, 0.3) is 0 Å². The summed E-state index contributed by atoms with van der Waals surface area (Å²) in [4.78, 5) is 0. The third-order valence-corrected chi connectivity index (χ3v) is 1.30. The van der Waals surface area contributed by atoms with E-state index in [4.69, 9.17) is 4.74 Å². The number of thiol groups is 1. The zero-order valence-electron chi connectivity index (χ0n) is 7.17. The highest BCUT2D eigenvalue weighted by molar-refractivity contribution is 7.75. The second kappa shape index (κ2) is 8.33. The van der Waals surface area contributed by atoms with Crippen LogP contribution in [0, 0.1) is 0 Å². The van der Waals surface area contributed by atoms with E-state index in [9.17, 15) is 0 Å². The van der Waals surface area contributed by atoms with Crippen LogP contribution in [0.25, 0.3) is 0 Å². The van der Waals surface area contributed by atoms with Crippen molar-refractivity contribution in [3.63, 3.8) is 0 Å². The van der Waals surface area contributed by atoms with Gasteiger partial charge in [-0.3, -0.25) is 0 Å². The van der Waals surface area contributed by atoms with Crippen molar-refractivity contribution in [2.24, 2.45) is 0 Å². The zero-order chi connectivity index (χ0) is 8.53. The molecule has 0 saturated heterocycles. The van der Waals surface area contributed by atoms with Gasteiger partial charge >= 0.3 is 0 Å². The van der Waals surface area contributed by atoms with Gasteiger partial charge in [-0.25, -0.2) is 0 Å². The van der Waals surface area contributed by atoms with Gasteiger partial charge in [0.2, 0.25) is 0 Å². The number of hydrogen-bond acceptors (Lipinski definition) is 4. The van der Waals surface area contributed by atoms with E-state index < -0.39 is 0 Å². The molecule has 0 aliphatic heterocycles. The van der Waals surface area contributed by atoms with Crippen molar-refractivity contribution in [3.8, 4) is 0 Å². The molecule has 0 aromatic heterocycles. The molecule has 0 aromatic rings. The van der Waals surface area contributed by atoms with Crippen molar-refractivity contribution in [2.75, 3.05) is 26.4 Å². The van der Waals surface area contributed by atoms with Crippen LogP contribution >= 0.6 is 12.9 Å². The molecule has 4 heteroatoms. The van der Waals surface area contributed by atoms with E-state index in [1.807, 2.05) is 0 Å². The maximum atomic E-state index is 5.19. The van der Waals surface area contributed by atoms with Crippen LogP contribution in [0.2, 0.25) is 0 Å². The Kier molecular flexibility index (Phi) is 8.50. The van der Waals surface area contributed by atoms with Crippen LogP contribution in [-0.4, -0.2) is 32.4 Å². The lowest BCUT2D eigenvalue weighted by Gasteiger charge is -2.07. The highest BCUT2D eigenvalue weighted by Crippen LogP contribution is 1.80. The molecule has 0 amide bonds. The molecule has 68 valence electrons. The van der Waals surface area contributed by atoms with E-state index in [2.05, 4.69) is 36.3 Å². The zero-order valence-corrected chi connectivity index (χ0v) is 8.06. The van der Waals surface area contributed by atoms with E-state index in [1.54, 1.807) is 0 Å². The first-order chi connectivity index (χ1) is 5.27. The summed E-state index contributed by atoms with van der Waals surface area (Å²) in [6.07, 6.45) is 0. The molecule has 3 nitrogen and oxygen atoms in total. The third kappa shape index (κ3) is 10.2. The first kappa shape index (κ1) is 11.2. The van der Waals surface area contributed by atoms with Crippen LogP contribution in [0.15, 0.2) is 0 Å². The quantitative estimate of drug-likeness (QED) is 0.345. The fourth-order valence-corrected chi connectivity index (χ4v) is 0.693. The maximum Gasteiger partial charge on any atom is 0.0844 e. The molecule has 0 aliphatic carbocycles. The molecule has 0 spiro atoms. The van der Waals surface area contributed by atoms with E-state index in [-0.39, 0.29) is 0 Å².